The Labute approximate surface area is 484 Å². The molecule has 0 saturated carbocycles. The van der Waals surface area contributed by atoms with Crippen molar-refractivity contribution in [3.05, 3.63) is 120 Å². The highest BCUT2D eigenvalue weighted by molar-refractivity contribution is 5.86. The molecule has 0 aromatic carbocycles. The molecule has 0 spiro atoms. The van der Waals surface area contributed by atoms with E-state index in [1.165, 1.54) is 44.7 Å². The number of rotatable bonds is 21. The number of pyridine rings is 5. The fraction of sp³-hybridized carbons (Fsp3) is 0.466. The smallest absolute Gasteiger partial charge is 0.415 e. The van der Waals surface area contributed by atoms with Gasteiger partial charge in [-0.15, -0.1) is 0 Å². The molecule has 5 aromatic rings. The fourth-order valence-electron chi connectivity index (χ4n) is 6.74. The van der Waals surface area contributed by atoms with E-state index in [4.69, 9.17) is 34.2 Å². The Bertz CT molecular complexity index is 2840. The number of nitrogens with one attached hydrogen (secondary N) is 3. The highest BCUT2D eigenvalue weighted by atomic mass is 16.6. The van der Waals surface area contributed by atoms with Gasteiger partial charge < -0.3 is 64.7 Å². The standard InChI is InChI=1S/C27H38N4O7.C17H22N4O3.C14H20N2O5/c1-26(2,3)37-24(33)30-21(23(32)35-8)16-19-12-13-20(17-28-19)36-15-14-18-10-9-11-22(29-18)31(7)25(34)38-27(4,5)6;1-19-16-5-3-4-12(21-16)8-9-24-14-7-6-13(20-11-14)10-15(18)17(22)23-2;1-14(2,3)21-13(19)16-11(12(18)20-4)7-9-5-6-10(17)8-15-9/h9-13,17,21H,14-16H2,1-8H3,(H,30,33);3-7,11,15H,8-10,18H2,1-2H3,(H,19,21);5-6,8,11,17H,7H2,1-4H3,(H,16,19)/t21-;15-;11-/m000/s1. The van der Waals surface area contributed by atoms with E-state index < -0.39 is 71.1 Å². The van der Waals surface area contributed by atoms with Crippen molar-refractivity contribution in [2.75, 3.05) is 58.9 Å². The van der Waals surface area contributed by atoms with Gasteiger partial charge in [0.05, 0.1) is 53.1 Å². The third kappa shape index (κ3) is 27.4. The van der Waals surface area contributed by atoms with Gasteiger partial charge in [-0.2, -0.15) is 0 Å². The Morgan fingerprint density at radius 2 is 0.988 bits per heavy atom. The van der Waals surface area contributed by atoms with E-state index in [0.29, 0.717) is 66.9 Å². The van der Waals surface area contributed by atoms with Gasteiger partial charge in [0.15, 0.2) is 0 Å². The number of esters is 3. The Kier molecular flexibility index (Phi) is 27.3. The molecule has 3 atom stereocenters. The average Bonchev–Trinajstić information content (AvgIpc) is 3.54. The largest absolute Gasteiger partial charge is 0.506 e. The highest BCUT2D eigenvalue weighted by Crippen LogP contribution is 2.18. The summed E-state index contributed by atoms with van der Waals surface area (Å²) in [6.07, 6.45) is 4.28. The summed E-state index contributed by atoms with van der Waals surface area (Å²) in [4.78, 5) is 94.1. The number of amides is 3. The average molecular weight is 1160 g/mol. The zero-order valence-electron chi connectivity index (χ0n) is 49.8. The van der Waals surface area contributed by atoms with E-state index in [0.717, 1.165) is 17.2 Å². The summed E-state index contributed by atoms with van der Waals surface area (Å²) < 4.78 is 41.2. The van der Waals surface area contributed by atoms with Crippen LogP contribution < -0.4 is 36.1 Å². The lowest BCUT2D eigenvalue weighted by Gasteiger charge is -2.24. The number of aromatic hydroxyl groups is 1. The normalized spacial score (nSPS) is 12.1. The zero-order valence-corrected chi connectivity index (χ0v) is 49.8. The van der Waals surface area contributed by atoms with Crippen molar-refractivity contribution >= 4 is 47.8 Å². The van der Waals surface area contributed by atoms with E-state index in [-0.39, 0.29) is 18.6 Å². The summed E-state index contributed by atoms with van der Waals surface area (Å²) in [6, 6.07) is 18.7. The summed E-state index contributed by atoms with van der Waals surface area (Å²) >= 11 is 0. The zero-order chi connectivity index (χ0) is 61.9. The Balaban J connectivity index is 0.000000346. The molecule has 0 unspecified atom stereocenters. The van der Waals surface area contributed by atoms with E-state index >= 15 is 0 Å². The predicted octanol–water partition coefficient (Wildman–Crippen LogP) is 6.66. The Morgan fingerprint density at radius 3 is 1.40 bits per heavy atom. The lowest BCUT2D eigenvalue weighted by molar-refractivity contribution is -0.143. The molecule has 0 aliphatic heterocycles. The van der Waals surface area contributed by atoms with Crippen LogP contribution in [-0.4, -0.2) is 150 Å². The van der Waals surface area contributed by atoms with E-state index in [1.807, 2.05) is 43.4 Å². The minimum absolute atomic E-state index is 0.0217. The molecule has 0 aliphatic carbocycles. The van der Waals surface area contributed by atoms with Crippen LogP contribution >= 0.6 is 0 Å². The molecular weight excluding hydrogens is 1080 g/mol. The van der Waals surface area contributed by atoms with Gasteiger partial charge in [0.1, 0.15) is 63.8 Å². The van der Waals surface area contributed by atoms with Crippen molar-refractivity contribution in [2.24, 2.45) is 5.73 Å². The number of nitrogens with zero attached hydrogens (tertiary/aromatic N) is 6. The molecule has 0 fully saturated rings. The van der Waals surface area contributed by atoms with Gasteiger partial charge in [0, 0.05) is 74.7 Å². The van der Waals surface area contributed by atoms with Crippen LogP contribution in [0.25, 0.3) is 0 Å². The van der Waals surface area contributed by atoms with Crippen molar-refractivity contribution < 1.29 is 71.8 Å². The quantitative estimate of drug-likeness (QED) is 0.0379. The van der Waals surface area contributed by atoms with E-state index in [2.05, 4.69) is 50.3 Å². The molecule has 6 N–H and O–H groups in total. The second-order valence-electron chi connectivity index (χ2n) is 21.2. The number of ether oxygens (including phenoxy) is 8. The molecule has 3 amide bonds. The summed E-state index contributed by atoms with van der Waals surface area (Å²) in [6.45, 7) is 16.6. The maximum absolute atomic E-state index is 12.3. The number of carbonyl (C=O) groups is 6. The predicted molar refractivity (Wildman–Crippen MR) is 307 cm³/mol. The fourth-order valence-corrected chi connectivity index (χ4v) is 6.74. The summed E-state index contributed by atoms with van der Waals surface area (Å²) in [5.41, 5.74) is 7.24. The van der Waals surface area contributed by atoms with Crippen molar-refractivity contribution in [2.45, 2.75) is 129 Å². The molecule has 452 valence electrons. The first-order chi connectivity index (χ1) is 39.0. The lowest BCUT2D eigenvalue weighted by atomic mass is 10.1. The highest BCUT2D eigenvalue weighted by Gasteiger charge is 2.28. The van der Waals surface area contributed by atoms with Gasteiger partial charge in [-0.05, 0) is 123 Å². The molecule has 83 heavy (non-hydrogen) atoms. The van der Waals surface area contributed by atoms with Crippen LogP contribution in [-0.2, 0) is 74.9 Å². The number of anilines is 2. The van der Waals surface area contributed by atoms with Crippen molar-refractivity contribution in [1.82, 2.24) is 35.6 Å². The number of methoxy groups -OCH3 is 3. The molecular formula is C58H80N10O15. The molecule has 5 heterocycles. The molecule has 5 rings (SSSR count). The van der Waals surface area contributed by atoms with E-state index in [9.17, 15) is 33.9 Å². The van der Waals surface area contributed by atoms with Crippen molar-refractivity contribution in [3.8, 4) is 17.2 Å². The van der Waals surface area contributed by atoms with Crippen LogP contribution in [0, 0.1) is 0 Å². The van der Waals surface area contributed by atoms with Crippen LogP contribution in [0.4, 0.5) is 26.0 Å². The van der Waals surface area contributed by atoms with Crippen molar-refractivity contribution in [3.63, 3.8) is 0 Å². The van der Waals surface area contributed by atoms with Gasteiger partial charge in [-0.25, -0.2) is 33.9 Å². The monoisotopic (exact) mass is 1160 g/mol. The molecule has 5 aromatic heterocycles. The molecule has 0 saturated heterocycles. The molecule has 0 radical (unpaired) electrons. The van der Waals surface area contributed by atoms with Crippen molar-refractivity contribution in [1.29, 1.82) is 0 Å². The van der Waals surface area contributed by atoms with Crippen LogP contribution in [0.1, 0.15) is 90.8 Å². The molecule has 25 nitrogen and oxygen atoms in total. The van der Waals surface area contributed by atoms with E-state index in [1.54, 1.807) is 106 Å². The van der Waals surface area contributed by atoms with Gasteiger partial charge in [-0.1, -0.05) is 12.1 Å². The van der Waals surface area contributed by atoms with Crippen LogP contribution in [0.5, 0.6) is 17.2 Å². The molecule has 25 heteroatoms. The third-order valence-corrected chi connectivity index (χ3v) is 10.6. The number of hydrogen-bond donors (Lipinski definition) is 5. The maximum atomic E-state index is 12.3. The van der Waals surface area contributed by atoms with Gasteiger partial charge in [-0.3, -0.25) is 24.6 Å². The minimum atomic E-state index is -0.953. The van der Waals surface area contributed by atoms with Gasteiger partial charge in [0.25, 0.3) is 0 Å². The summed E-state index contributed by atoms with van der Waals surface area (Å²) in [5.74, 6) is 0.867. The number of alkyl carbamates (subject to hydrolysis) is 2. The lowest BCUT2D eigenvalue weighted by Crippen LogP contribution is -2.45. The van der Waals surface area contributed by atoms with Crippen LogP contribution in [0.15, 0.2) is 91.4 Å². The van der Waals surface area contributed by atoms with Crippen LogP contribution in [0.2, 0.25) is 0 Å². The molecule has 0 bridgehead atoms. The maximum Gasteiger partial charge on any atom is 0.415 e. The summed E-state index contributed by atoms with van der Waals surface area (Å²) in [7, 11) is 7.24. The molecule has 0 aliphatic rings. The SMILES string of the molecule is CNc1cccc(CCOc2ccc(C[C@H](N)C(=O)OC)nc2)n1.COC(=O)[C@H](Cc1ccc(O)cn1)NC(=O)OC(C)(C)C.COC(=O)[C@H](Cc1ccc(OCCc2cccc(N(C)C(=O)OC(C)(C)C)n2)cn1)NC(=O)OC(C)(C)C. The van der Waals surface area contributed by atoms with Gasteiger partial charge >= 0.3 is 36.2 Å². The number of carbonyl (C=O) groups excluding carboxylic acids is 6. The number of hydrogen-bond acceptors (Lipinski definition) is 22. The Morgan fingerprint density at radius 1 is 0.554 bits per heavy atom. The first-order valence-electron chi connectivity index (χ1n) is 26.3. The second-order valence-corrected chi connectivity index (χ2v) is 21.2. The number of aromatic nitrogens is 5. The van der Waals surface area contributed by atoms with Crippen LogP contribution in [0.3, 0.4) is 0 Å². The second kappa shape index (κ2) is 33.2. The first kappa shape index (κ1) is 68.4. The third-order valence-electron chi connectivity index (χ3n) is 10.6. The minimum Gasteiger partial charge on any atom is -0.506 e. The number of nitrogens with two attached hydrogens (primary N) is 1. The Hall–Kier alpha value is -8.87. The topological polar surface area (TPSA) is 326 Å². The van der Waals surface area contributed by atoms with Gasteiger partial charge in [0.2, 0.25) is 0 Å². The summed E-state index contributed by atoms with van der Waals surface area (Å²) in [5, 5.41) is 17.2. The first-order valence-corrected chi connectivity index (χ1v) is 26.3.